The van der Waals surface area contributed by atoms with E-state index in [1.165, 1.54) is 18.2 Å². The predicted molar refractivity (Wildman–Crippen MR) is 110 cm³/mol. The molecule has 1 amide bonds. The van der Waals surface area contributed by atoms with Gasteiger partial charge in [-0.15, -0.1) is 5.10 Å². The first-order valence-electron chi connectivity index (χ1n) is 9.36. The zero-order valence-corrected chi connectivity index (χ0v) is 17.3. The third-order valence-electron chi connectivity index (χ3n) is 4.78. The smallest absolute Gasteiger partial charge is 0.337 e. The highest BCUT2D eigenvalue weighted by Crippen LogP contribution is 2.33. The maximum absolute atomic E-state index is 13.3. The first-order chi connectivity index (χ1) is 15.2. The number of nitrogens with zero attached hydrogens (tertiary/aromatic N) is 5. The molecule has 0 saturated carbocycles. The molecule has 11 heteroatoms. The van der Waals surface area contributed by atoms with Gasteiger partial charge in [0.2, 0.25) is 0 Å². The van der Waals surface area contributed by atoms with Crippen LogP contribution in [0.15, 0.2) is 67.1 Å². The van der Waals surface area contributed by atoms with Crippen molar-refractivity contribution in [3.63, 3.8) is 0 Å². The first-order valence-corrected chi connectivity index (χ1v) is 9.74. The van der Waals surface area contributed by atoms with Crippen LogP contribution in [0.1, 0.15) is 33.5 Å². The van der Waals surface area contributed by atoms with Crippen molar-refractivity contribution in [2.75, 3.05) is 0 Å². The molecule has 2 aromatic carbocycles. The van der Waals surface area contributed by atoms with E-state index in [-0.39, 0.29) is 11.4 Å². The summed E-state index contributed by atoms with van der Waals surface area (Å²) >= 11 is 5.97. The van der Waals surface area contributed by atoms with Crippen LogP contribution in [0.4, 0.5) is 13.2 Å². The summed E-state index contributed by atoms with van der Waals surface area (Å²) in [5.41, 5.74) is -0.546. The normalized spacial score (nSPS) is 12.5. The molecule has 32 heavy (non-hydrogen) atoms. The number of hydrogen-bond acceptors (Lipinski definition) is 4. The zero-order chi connectivity index (χ0) is 22.9. The van der Waals surface area contributed by atoms with Gasteiger partial charge in [0, 0.05) is 24.5 Å². The highest BCUT2D eigenvalue weighted by molar-refractivity contribution is 6.30. The number of para-hydroxylation sites is 1. The topological polar surface area (TPSA) is 77.6 Å². The Hall–Kier alpha value is -3.66. The zero-order valence-electron chi connectivity index (χ0n) is 16.6. The number of nitrogens with one attached hydrogen (secondary N) is 1. The van der Waals surface area contributed by atoms with Gasteiger partial charge in [-0.25, -0.2) is 9.67 Å². The maximum Gasteiger partial charge on any atom is 0.418 e. The molecule has 0 bridgehead atoms. The third kappa shape index (κ3) is 4.35. The van der Waals surface area contributed by atoms with Gasteiger partial charge >= 0.3 is 6.18 Å². The lowest BCUT2D eigenvalue weighted by molar-refractivity contribution is -0.137. The van der Waals surface area contributed by atoms with Crippen molar-refractivity contribution in [3.8, 4) is 5.69 Å². The molecule has 7 nitrogen and oxygen atoms in total. The van der Waals surface area contributed by atoms with Gasteiger partial charge in [0.05, 0.1) is 17.4 Å². The van der Waals surface area contributed by atoms with Gasteiger partial charge in [-0.05, 0) is 29.8 Å². The van der Waals surface area contributed by atoms with Crippen LogP contribution < -0.4 is 5.32 Å². The summed E-state index contributed by atoms with van der Waals surface area (Å²) < 4.78 is 42.6. The SMILES string of the molecule is Cn1ccnc1C(NC(=O)c1cn(-c2ccccc2C(F)(F)F)nn1)c1ccc(Cl)cc1. The standard InChI is InChI=1S/C21H16ClF3N6O/c1-30-11-10-26-19(30)18(13-6-8-14(22)9-7-13)27-20(32)16-12-31(29-28-16)17-5-3-2-4-15(17)21(23,24)25/h2-12,18H,1H3,(H,27,32). The van der Waals surface area contributed by atoms with Crippen molar-refractivity contribution in [2.45, 2.75) is 12.2 Å². The number of carbonyl (C=O) groups is 1. The van der Waals surface area contributed by atoms with Crippen LogP contribution in [0.2, 0.25) is 5.02 Å². The van der Waals surface area contributed by atoms with Gasteiger partial charge in [0.25, 0.3) is 5.91 Å². The van der Waals surface area contributed by atoms with Crippen molar-refractivity contribution < 1.29 is 18.0 Å². The molecule has 0 aliphatic rings. The Balaban J connectivity index is 1.64. The second-order valence-corrected chi connectivity index (χ2v) is 7.35. The minimum absolute atomic E-state index is 0.143. The highest BCUT2D eigenvalue weighted by Gasteiger charge is 2.34. The van der Waals surface area contributed by atoms with E-state index in [0.717, 1.165) is 16.9 Å². The van der Waals surface area contributed by atoms with Crippen molar-refractivity contribution in [1.29, 1.82) is 0 Å². The molecular formula is C21H16ClF3N6O. The van der Waals surface area contributed by atoms with Crippen LogP contribution >= 0.6 is 11.6 Å². The van der Waals surface area contributed by atoms with E-state index >= 15 is 0 Å². The average Bonchev–Trinajstić information content (AvgIpc) is 3.41. The second-order valence-electron chi connectivity index (χ2n) is 6.92. The van der Waals surface area contributed by atoms with Crippen LogP contribution in [0, 0.1) is 0 Å². The summed E-state index contributed by atoms with van der Waals surface area (Å²) in [7, 11) is 1.78. The Labute approximate surface area is 185 Å². The molecule has 2 aromatic heterocycles. The van der Waals surface area contributed by atoms with E-state index in [4.69, 9.17) is 11.6 Å². The average molecular weight is 461 g/mol. The number of aromatic nitrogens is 5. The summed E-state index contributed by atoms with van der Waals surface area (Å²) in [4.78, 5) is 17.2. The highest BCUT2D eigenvalue weighted by atomic mass is 35.5. The number of aryl methyl sites for hydroxylation is 1. The molecule has 4 aromatic rings. The predicted octanol–water partition coefficient (Wildman–Crippen LogP) is 4.19. The minimum atomic E-state index is -4.58. The molecule has 0 saturated heterocycles. The lowest BCUT2D eigenvalue weighted by atomic mass is 10.1. The number of benzene rings is 2. The van der Waals surface area contributed by atoms with E-state index in [2.05, 4.69) is 20.6 Å². The number of rotatable bonds is 5. The molecular weight excluding hydrogens is 445 g/mol. The largest absolute Gasteiger partial charge is 0.418 e. The lowest BCUT2D eigenvalue weighted by Crippen LogP contribution is -2.31. The van der Waals surface area contributed by atoms with Gasteiger partial charge in [-0.1, -0.05) is 41.1 Å². The molecule has 0 fully saturated rings. The molecule has 0 radical (unpaired) electrons. The van der Waals surface area contributed by atoms with Gasteiger partial charge < -0.3 is 9.88 Å². The lowest BCUT2D eigenvalue weighted by Gasteiger charge is -2.18. The molecule has 0 spiro atoms. The van der Waals surface area contributed by atoms with Crippen LogP contribution in [0.5, 0.6) is 0 Å². The molecule has 1 atom stereocenters. The van der Waals surface area contributed by atoms with Crippen molar-refractivity contribution >= 4 is 17.5 Å². The Bertz CT molecular complexity index is 1250. The van der Waals surface area contributed by atoms with Crippen LogP contribution in [0.3, 0.4) is 0 Å². The fraction of sp³-hybridized carbons (Fsp3) is 0.143. The van der Waals surface area contributed by atoms with Gasteiger partial charge in [0.15, 0.2) is 5.69 Å². The number of halogens is 4. The summed E-state index contributed by atoms with van der Waals surface area (Å²) in [5.74, 6) is -0.0702. The molecule has 4 rings (SSSR count). The number of imidazole rings is 1. The fourth-order valence-corrected chi connectivity index (χ4v) is 3.34. The number of alkyl halides is 3. The van der Waals surface area contributed by atoms with Crippen LogP contribution in [0.25, 0.3) is 5.69 Å². The van der Waals surface area contributed by atoms with Gasteiger partial charge in [0.1, 0.15) is 11.9 Å². The molecule has 0 aliphatic carbocycles. The monoisotopic (exact) mass is 460 g/mol. The van der Waals surface area contributed by atoms with E-state index in [0.29, 0.717) is 16.4 Å². The number of amides is 1. The number of carbonyl (C=O) groups excluding carboxylic acids is 1. The second kappa shape index (κ2) is 8.46. The number of hydrogen-bond donors (Lipinski definition) is 1. The van der Waals surface area contributed by atoms with Crippen molar-refractivity contribution in [2.24, 2.45) is 7.05 Å². The molecule has 0 aliphatic heterocycles. The molecule has 2 heterocycles. The van der Waals surface area contributed by atoms with E-state index in [1.807, 2.05) is 0 Å². The van der Waals surface area contributed by atoms with Crippen LogP contribution in [-0.4, -0.2) is 30.5 Å². The molecule has 1 N–H and O–H groups in total. The van der Waals surface area contributed by atoms with Crippen LogP contribution in [-0.2, 0) is 13.2 Å². The Kier molecular flexibility index (Phi) is 5.70. The maximum atomic E-state index is 13.3. The molecule has 164 valence electrons. The third-order valence-corrected chi connectivity index (χ3v) is 5.03. The summed E-state index contributed by atoms with van der Waals surface area (Å²) in [6, 6.07) is 11.1. The van der Waals surface area contributed by atoms with Crippen molar-refractivity contribution in [3.05, 3.63) is 94.8 Å². The summed E-state index contributed by atoms with van der Waals surface area (Å²) in [6.07, 6.45) is -0.108. The Morgan fingerprint density at radius 2 is 1.84 bits per heavy atom. The van der Waals surface area contributed by atoms with E-state index in [1.54, 1.807) is 48.3 Å². The van der Waals surface area contributed by atoms with E-state index < -0.39 is 23.7 Å². The minimum Gasteiger partial charge on any atom is -0.337 e. The summed E-state index contributed by atoms with van der Waals surface area (Å²) in [6.45, 7) is 0. The Morgan fingerprint density at radius 3 is 2.50 bits per heavy atom. The molecule has 1 unspecified atom stereocenters. The fourth-order valence-electron chi connectivity index (χ4n) is 3.21. The summed E-state index contributed by atoms with van der Waals surface area (Å²) in [5, 5.41) is 10.8. The van der Waals surface area contributed by atoms with Crippen molar-refractivity contribution in [1.82, 2.24) is 29.9 Å². The van der Waals surface area contributed by atoms with Gasteiger partial charge in [-0.3, -0.25) is 4.79 Å². The first kappa shape index (κ1) is 21.6. The van der Waals surface area contributed by atoms with E-state index in [9.17, 15) is 18.0 Å². The van der Waals surface area contributed by atoms with Gasteiger partial charge in [-0.2, -0.15) is 13.2 Å². The Morgan fingerprint density at radius 1 is 1.12 bits per heavy atom. The quantitative estimate of drug-likeness (QED) is 0.484.